The fourth-order valence-electron chi connectivity index (χ4n) is 3.32. The van der Waals surface area contributed by atoms with Crippen LogP contribution in [0.15, 0.2) is 12.4 Å². The monoisotopic (exact) mass is 318 g/mol. The lowest BCUT2D eigenvalue weighted by molar-refractivity contribution is 0.217. The molecular formula is C16H26N6O. The van der Waals surface area contributed by atoms with E-state index in [4.69, 9.17) is 0 Å². The van der Waals surface area contributed by atoms with Crippen molar-refractivity contribution in [1.29, 1.82) is 0 Å². The minimum absolute atomic E-state index is 0.0462. The van der Waals surface area contributed by atoms with Crippen LogP contribution in [0.5, 0.6) is 0 Å². The molecule has 23 heavy (non-hydrogen) atoms. The van der Waals surface area contributed by atoms with Crippen molar-refractivity contribution in [2.45, 2.75) is 19.3 Å². The second kappa shape index (κ2) is 7.12. The summed E-state index contributed by atoms with van der Waals surface area (Å²) in [5, 5.41) is 2.89. The predicted octanol–water partition coefficient (Wildman–Crippen LogP) is 1.49. The number of aromatic nitrogens is 2. The van der Waals surface area contributed by atoms with Gasteiger partial charge < -0.3 is 20.0 Å². The maximum absolute atomic E-state index is 12.4. The summed E-state index contributed by atoms with van der Waals surface area (Å²) in [7, 11) is 3.77. The van der Waals surface area contributed by atoms with E-state index >= 15 is 0 Å². The van der Waals surface area contributed by atoms with Gasteiger partial charge >= 0.3 is 6.03 Å². The van der Waals surface area contributed by atoms with Gasteiger partial charge in [-0.25, -0.2) is 14.8 Å². The molecule has 3 heterocycles. The van der Waals surface area contributed by atoms with E-state index in [1.54, 1.807) is 12.4 Å². The van der Waals surface area contributed by atoms with Crippen molar-refractivity contribution in [3.8, 4) is 0 Å². The van der Waals surface area contributed by atoms with Gasteiger partial charge in [0.1, 0.15) is 0 Å². The third kappa shape index (κ3) is 4.10. The summed E-state index contributed by atoms with van der Waals surface area (Å²) in [6.45, 7) is 5.25. The number of urea groups is 1. The van der Waals surface area contributed by atoms with Gasteiger partial charge in [0, 0.05) is 33.7 Å². The average molecular weight is 318 g/mol. The fourth-order valence-corrected chi connectivity index (χ4v) is 3.32. The molecule has 0 spiro atoms. The van der Waals surface area contributed by atoms with Crippen LogP contribution in [0.4, 0.5) is 16.4 Å². The standard InChI is InChI=1S/C16H26N6O/c1-20(2)15-17-9-14(10-18-15)19-16(23)22-8-5-13(12-22)11-21-6-3-4-7-21/h9-10,13H,3-8,11-12H2,1-2H3,(H,19,23)/t13-/m0/s1. The fraction of sp³-hybridized carbons (Fsp3) is 0.688. The molecule has 126 valence electrons. The van der Waals surface area contributed by atoms with E-state index in [2.05, 4.69) is 20.2 Å². The summed E-state index contributed by atoms with van der Waals surface area (Å²) in [6, 6.07) is -0.0462. The first-order valence-corrected chi connectivity index (χ1v) is 8.39. The molecule has 1 N–H and O–H groups in total. The molecule has 0 unspecified atom stereocenters. The molecule has 0 bridgehead atoms. The number of amides is 2. The second-order valence-corrected chi connectivity index (χ2v) is 6.70. The smallest absolute Gasteiger partial charge is 0.321 e. The van der Waals surface area contributed by atoms with Gasteiger partial charge in [-0.2, -0.15) is 0 Å². The molecule has 1 aromatic rings. The van der Waals surface area contributed by atoms with Crippen molar-refractivity contribution in [2.75, 3.05) is 57.0 Å². The van der Waals surface area contributed by atoms with E-state index in [1.165, 1.54) is 25.9 Å². The van der Waals surface area contributed by atoms with Gasteiger partial charge in [-0.1, -0.05) is 0 Å². The van der Waals surface area contributed by atoms with Crippen LogP contribution >= 0.6 is 0 Å². The Bertz CT molecular complexity index is 526. The molecule has 3 rings (SSSR count). The summed E-state index contributed by atoms with van der Waals surface area (Å²) in [6.07, 6.45) is 7.04. The molecule has 0 aromatic carbocycles. The Labute approximate surface area is 137 Å². The van der Waals surface area contributed by atoms with E-state index in [1.807, 2.05) is 23.9 Å². The molecule has 0 aliphatic carbocycles. The van der Waals surface area contributed by atoms with E-state index in [9.17, 15) is 4.79 Å². The van der Waals surface area contributed by atoms with Gasteiger partial charge in [-0.05, 0) is 38.3 Å². The first-order chi connectivity index (χ1) is 11.1. The number of rotatable bonds is 4. The van der Waals surface area contributed by atoms with Crippen molar-refractivity contribution in [2.24, 2.45) is 5.92 Å². The highest BCUT2D eigenvalue weighted by Crippen LogP contribution is 2.20. The first kappa shape index (κ1) is 16.0. The third-order valence-electron chi connectivity index (χ3n) is 4.58. The highest BCUT2D eigenvalue weighted by atomic mass is 16.2. The summed E-state index contributed by atoms with van der Waals surface area (Å²) >= 11 is 0. The number of likely N-dealkylation sites (tertiary alicyclic amines) is 2. The Morgan fingerprint density at radius 3 is 2.61 bits per heavy atom. The SMILES string of the molecule is CN(C)c1ncc(NC(=O)N2CC[C@@H](CN3CCCC3)C2)cn1. The van der Waals surface area contributed by atoms with E-state index in [0.717, 1.165) is 26.1 Å². The van der Waals surface area contributed by atoms with Crippen LogP contribution in [0.2, 0.25) is 0 Å². The molecule has 0 radical (unpaired) electrons. The number of hydrogen-bond acceptors (Lipinski definition) is 5. The summed E-state index contributed by atoms with van der Waals surface area (Å²) in [5.41, 5.74) is 0.642. The molecule has 2 amide bonds. The van der Waals surface area contributed by atoms with E-state index in [-0.39, 0.29) is 6.03 Å². The van der Waals surface area contributed by atoms with Crippen LogP contribution < -0.4 is 10.2 Å². The lowest BCUT2D eigenvalue weighted by Crippen LogP contribution is -2.34. The summed E-state index contributed by atoms with van der Waals surface area (Å²) in [4.78, 5) is 27.0. The van der Waals surface area contributed by atoms with Gasteiger partial charge in [-0.15, -0.1) is 0 Å². The molecule has 1 atom stereocenters. The number of nitrogens with one attached hydrogen (secondary N) is 1. The van der Waals surface area contributed by atoms with Crippen molar-refractivity contribution in [1.82, 2.24) is 19.8 Å². The predicted molar refractivity (Wildman–Crippen MR) is 90.7 cm³/mol. The topological polar surface area (TPSA) is 64.6 Å². The minimum Gasteiger partial charge on any atom is -0.347 e. The lowest BCUT2D eigenvalue weighted by Gasteiger charge is -2.21. The van der Waals surface area contributed by atoms with Crippen LogP contribution in [0.1, 0.15) is 19.3 Å². The maximum Gasteiger partial charge on any atom is 0.321 e. The van der Waals surface area contributed by atoms with Crippen LogP contribution in [0, 0.1) is 5.92 Å². The summed E-state index contributed by atoms with van der Waals surface area (Å²) < 4.78 is 0. The Hall–Kier alpha value is -1.89. The van der Waals surface area contributed by atoms with E-state index in [0.29, 0.717) is 17.6 Å². The zero-order chi connectivity index (χ0) is 16.2. The van der Waals surface area contributed by atoms with Crippen molar-refractivity contribution in [3.05, 3.63) is 12.4 Å². The van der Waals surface area contributed by atoms with Crippen molar-refractivity contribution < 1.29 is 4.79 Å². The number of hydrogen-bond donors (Lipinski definition) is 1. The lowest BCUT2D eigenvalue weighted by atomic mass is 10.1. The van der Waals surface area contributed by atoms with Crippen LogP contribution in [0.3, 0.4) is 0 Å². The highest BCUT2D eigenvalue weighted by molar-refractivity contribution is 5.89. The Balaban J connectivity index is 1.48. The third-order valence-corrected chi connectivity index (χ3v) is 4.58. The molecular weight excluding hydrogens is 292 g/mol. The van der Waals surface area contributed by atoms with Crippen molar-refractivity contribution >= 4 is 17.7 Å². The maximum atomic E-state index is 12.4. The minimum atomic E-state index is -0.0462. The van der Waals surface area contributed by atoms with Crippen molar-refractivity contribution in [3.63, 3.8) is 0 Å². The largest absolute Gasteiger partial charge is 0.347 e. The Morgan fingerprint density at radius 2 is 1.96 bits per heavy atom. The van der Waals surface area contributed by atoms with Gasteiger partial charge in [0.15, 0.2) is 0 Å². The molecule has 2 aliphatic rings. The first-order valence-electron chi connectivity index (χ1n) is 8.39. The normalized spacial score (nSPS) is 21.7. The highest BCUT2D eigenvalue weighted by Gasteiger charge is 2.28. The molecule has 2 saturated heterocycles. The zero-order valence-electron chi connectivity index (χ0n) is 14.0. The average Bonchev–Trinajstić information content (AvgIpc) is 3.20. The second-order valence-electron chi connectivity index (χ2n) is 6.70. The van der Waals surface area contributed by atoms with Gasteiger partial charge in [0.2, 0.25) is 5.95 Å². The molecule has 2 fully saturated rings. The van der Waals surface area contributed by atoms with E-state index < -0.39 is 0 Å². The molecule has 7 nitrogen and oxygen atoms in total. The molecule has 2 aliphatic heterocycles. The quantitative estimate of drug-likeness (QED) is 0.911. The van der Waals surface area contributed by atoms with Crippen LogP contribution in [-0.4, -0.2) is 72.6 Å². The number of nitrogens with zero attached hydrogens (tertiary/aromatic N) is 5. The van der Waals surface area contributed by atoms with Gasteiger partial charge in [0.25, 0.3) is 0 Å². The molecule has 0 saturated carbocycles. The summed E-state index contributed by atoms with van der Waals surface area (Å²) in [5.74, 6) is 1.24. The Kier molecular flexibility index (Phi) is 4.95. The Morgan fingerprint density at radius 1 is 1.26 bits per heavy atom. The molecule has 7 heteroatoms. The van der Waals surface area contributed by atoms with Gasteiger partial charge in [-0.3, -0.25) is 0 Å². The number of anilines is 2. The molecule has 1 aromatic heterocycles. The zero-order valence-corrected chi connectivity index (χ0v) is 14.0. The van der Waals surface area contributed by atoms with Gasteiger partial charge in [0.05, 0.1) is 18.1 Å². The number of carbonyl (C=O) groups excluding carboxylic acids is 1. The number of carbonyl (C=O) groups is 1. The van der Waals surface area contributed by atoms with Crippen LogP contribution in [-0.2, 0) is 0 Å². The van der Waals surface area contributed by atoms with Crippen LogP contribution in [0.25, 0.3) is 0 Å².